The number of hydrazone groups is 1. The minimum atomic E-state index is 0. The first-order chi connectivity index (χ1) is 12.5. The molecule has 1 atom stereocenters. The Kier molecular flexibility index (Phi) is 7.19. The van der Waals surface area contributed by atoms with Gasteiger partial charge in [-0.1, -0.05) is 74.0 Å². The van der Waals surface area contributed by atoms with Crippen LogP contribution in [0.5, 0.6) is 0 Å². The summed E-state index contributed by atoms with van der Waals surface area (Å²) in [6, 6.07) is 19.0. The highest BCUT2D eigenvalue weighted by Gasteiger charge is 2.23. The third-order valence-corrected chi connectivity index (χ3v) is 4.52. The van der Waals surface area contributed by atoms with Crippen molar-refractivity contribution in [1.29, 1.82) is 0 Å². The molecule has 0 amide bonds. The van der Waals surface area contributed by atoms with Crippen LogP contribution in [0.1, 0.15) is 37.5 Å². The SMILES string of the molecule is C/C(=N\NC1=[NH+]C(C(C)C)C=C(c2ccc(C)cc2)N1)c1ccccc1.[Cl-]. The van der Waals surface area contributed by atoms with Crippen LogP contribution in [0.3, 0.4) is 0 Å². The lowest BCUT2D eigenvalue weighted by Crippen LogP contribution is -3.00. The number of hydrogen-bond acceptors (Lipinski definition) is 3. The molecule has 1 heterocycles. The highest BCUT2D eigenvalue weighted by molar-refractivity contribution is 5.99. The first-order valence-electron chi connectivity index (χ1n) is 9.08. The van der Waals surface area contributed by atoms with Gasteiger partial charge in [0.05, 0.1) is 11.8 Å². The molecular weight excluding hydrogens is 356 g/mol. The Bertz CT molecular complexity index is 836. The van der Waals surface area contributed by atoms with Crippen molar-refractivity contribution in [2.45, 2.75) is 33.7 Å². The van der Waals surface area contributed by atoms with E-state index in [9.17, 15) is 0 Å². The Labute approximate surface area is 167 Å². The summed E-state index contributed by atoms with van der Waals surface area (Å²) in [6.07, 6.45) is 2.24. The molecule has 0 saturated carbocycles. The molecule has 1 aliphatic rings. The fourth-order valence-corrected chi connectivity index (χ4v) is 2.80. The molecule has 2 aromatic rings. The van der Waals surface area contributed by atoms with Gasteiger partial charge in [-0.2, -0.15) is 5.43 Å². The molecule has 27 heavy (non-hydrogen) atoms. The summed E-state index contributed by atoms with van der Waals surface area (Å²) in [5, 5.41) is 7.96. The molecule has 1 aliphatic heterocycles. The monoisotopic (exact) mass is 382 g/mol. The zero-order chi connectivity index (χ0) is 18.5. The number of benzene rings is 2. The summed E-state index contributed by atoms with van der Waals surface area (Å²) >= 11 is 0. The zero-order valence-corrected chi connectivity index (χ0v) is 17.0. The van der Waals surface area contributed by atoms with Crippen LogP contribution < -0.4 is 28.1 Å². The van der Waals surface area contributed by atoms with Crippen molar-refractivity contribution in [3.63, 3.8) is 0 Å². The average molecular weight is 383 g/mol. The highest BCUT2D eigenvalue weighted by atomic mass is 35.5. The van der Waals surface area contributed by atoms with Crippen LogP contribution in [0.15, 0.2) is 65.8 Å². The van der Waals surface area contributed by atoms with Crippen molar-refractivity contribution >= 4 is 17.4 Å². The summed E-state index contributed by atoms with van der Waals surface area (Å²) in [4.78, 5) is 3.48. The molecular formula is C22H27ClN4. The summed E-state index contributed by atoms with van der Waals surface area (Å²) in [6.45, 7) is 8.53. The number of hydrogen-bond donors (Lipinski definition) is 3. The Morgan fingerprint density at radius 2 is 1.74 bits per heavy atom. The topological polar surface area (TPSA) is 50.4 Å². The van der Waals surface area contributed by atoms with Gasteiger partial charge < -0.3 is 12.4 Å². The molecule has 142 valence electrons. The predicted molar refractivity (Wildman–Crippen MR) is 109 cm³/mol. The van der Waals surface area contributed by atoms with E-state index < -0.39 is 0 Å². The lowest BCUT2D eigenvalue weighted by Gasteiger charge is -2.20. The third-order valence-electron chi connectivity index (χ3n) is 4.52. The first-order valence-corrected chi connectivity index (χ1v) is 9.08. The summed E-state index contributed by atoms with van der Waals surface area (Å²) in [7, 11) is 0. The highest BCUT2D eigenvalue weighted by Crippen LogP contribution is 2.15. The van der Waals surface area contributed by atoms with Crippen LogP contribution in [0, 0.1) is 12.8 Å². The van der Waals surface area contributed by atoms with Crippen LogP contribution in [-0.2, 0) is 0 Å². The Morgan fingerprint density at radius 3 is 2.37 bits per heavy atom. The van der Waals surface area contributed by atoms with Crippen molar-refractivity contribution in [3.8, 4) is 0 Å². The fraction of sp³-hybridized carbons (Fsp3) is 0.273. The fourth-order valence-electron chi connectivity index (χ4n) is 2.80. The molecule has 2 aromatic carbocycles. The number of guanidine groups is 1. The van der Waals surface area contributed by atoms with Crippen LogP contribution in [0.2, 0.25) is 0 Å². The van der Waals surface area contributed by atoms with Crippen molar-refractivity contribution < 1.29 is 17.4 Å². The van der Waals surface area contributed by atoms with Crippen LogP contribution >= 0.6 is 0 Å². The van der Waals surface area contributed by atoms with E-state index in [2.05, 4.69) is 84.1 Å². The number of halogens is 1. The van der Waals surface area contributed by atoms with E-state index in [1.807, 2.05) is 25.1 Å². The van der Waals surface area contributed by atoms with Crippen molar-refractivity contribution in [2.75, 3.05) is 0 Å². The molecule has 0 spiro atoms. The van der Waals surface area contributed by atoms with E-state index in [4.69, 9.17) is 0 Å². The second-order valence-corrected chi connectivity index (χ2v) is 7.04. The largest absolute Gasteiger partial charge is 1.00 e. The molecule has 0 aliphatic carbocycles. The molecule has 0 fully saturated rings. The standard InChI is InChI=1S/C22H26N4.ClH/c1-15(2)20-14-21(19-12-10-16(3)11-13-19)24-22(23-20)26-25-17(4)18-8-6-5-7-9-18;/h5-15,20H,1-4H3,(H2,23,24,26);1H/b25-17+;. The normalized spacial score (nSPS) is 16.8. The summed E-state index contributed by atoms with van der Waals surface area (Å²) in [5.41, 5.74) is 8.72. The van der Waals surface area contributed by atoms with Gasteiger partial charge in [0.25, 0.3) is 0 Å². The van der Waals surface area contributed by atoms with Gasteiger partial charge in [0.1, 0.15) is 5.70 Å². The Hall–Kier alpha value is -2.59. The van der Waals surface area contributed by atoms with Gasteiger partial charge in [0, 0.05) is 5.56 Å². The van der Waals surface area contributed by atoms with E-state index in [1.165, 1.54) is 11.1 Å². The zero-order valence-electron chi connectivity index (χ0n) is 16.3. The van der Waals surface area contributed by atoms with Crippen LogP contribution in [0.25, 0.3) is 5.70 Å². The minimum Gasteiger partial charge on any atom is -1.00 e. The Balaban J connectivity index is 0.00000261. The third kappa shape index (κ3) is 5.44. The average Bonchev–Trinajstić information content (AvgIpc) is 2.67. The molecule has 0 radical (unpaired) electrons. The number of nitrogens with zero attached hydrogens (tertiary/aromatic N) is 1. The van der Waals surface area contributed by atoms with E-state index in [-0.39, 0.29) is 18.4 Å². The van der Waals surface area contributed by atoms with Gasteiger partial charge in [-0.3, -0.25) is 4.99 Å². The van der Waals surface area contributed by atoms with E-state index in [0.29, 0.717) is 5.92 Å². The van der Waals surface area contributed by atoms with Gasteiger partial charge in [0.2, 0.25) is 0 Å². The molecule has 3 rings (SSSR count). The second-order valence-electron chi connectivity index (χ2n) is 7.04. The van der Waals surface area contributed by atoms with Gasteiger partial charge >= 0.3 is 5.96 Å². The summed E-state index contributed by atoms with van der Waals surface area (Å²) < 4.78 is 0. The van der Waals surface area contributed by atoms with Gasteiger partial charge in [-0.25, -0.2) is 5.32 Å². The van der Waals surface area contributed by atoms with E-state index >= 15 is 0 Å². The minimum absolute atomic E-state index is 0. The van der Waals surface area contributed by atoms with Crippen LogP contribution in [0.4, 0.5) is 0 Å². The lowest BCUT2D eigenvalue weighted by molar-refractivity contribution is -0.503. The number of aryl methyl sites for hydroxylation is 1. The van der Waals surface area contributed by atoms with Gasteiger partial charge in [0.15, 0.2) is 0 Å². The molecule has 0 aromatic heterocycles. The van der Waals surface area contributed by atoms with Crippen molar-refractivity contribution in [1.82, 2.24) is 10.7 Å². The maximum absolute atomic E-state index is 4.53. The lowest BCUT2D eigenvalue weighted by atomic mass is 10.00. The first kappa shape index (κ1) is 20.7. The number of rotatable bonds is 4. The van der Waals surface area contributed by atoms with Crippen LogP contribution in [-0.4, -0.2) is 17.7 Å². The predicted octanol–water partition coefficient (Wildman–Crippen LogP) is -0.582. The number of nitrogens with one attached hydrogen (secondary N) is 3. The molecule has 0 saturated heterocycles. The maximum atomic E-state index is 4.53. The molecule has 5 heteroatoms. The Morgan fingerprint density at radius 1 is 1.07 bits per heavy atom. The maximum Gasteiger partial charge on any atom is 0.372 e. The molecule has 4 nitrogen and oxygen atoms in total. The van der Waals surface area contributed by atoms with E-state index in [1.54, 1.807) is 0 Å². The smallest absolute Gasteiger partial charge is 0.372 e. The summed E-state index contributed by atoms with van der Waals surface area (Å²) in [5.74, 6) is 1.27. The van der Waals surface area contributed by atoms with Gasteiger partial charge in [-0.05, 0) is 31.4 Å². The van der Waals surface area contributed by atoms with Crippen molar-refractivity contribution in [2.24, 2.45) is 11.0 Å². The molecule has 0 bridgehead atoms. The van der Waals surface area contributed by atoms with Gasteiger partial charge in [-0.15, -0.1) is 5.10 Å². The molecule has 3 N–H and O–H groups in total. The molecule has 1 unspecified atom stereocenters. The second kappa shape index (κ2) is 9.38. The van der Waals surface area contributed by atoms with Crippen molar-refractivity contribution in [3.05, 3.63) is 77.4 Å². The quantitative estimate of drug-likeness (QED) is 0.489. The van der Waals surface area contributed by atoms with E-state index in [0.717, 1.165) is 22.9 Å².